The molecule has 2 aromatic rings. The number of fused-ring (bicyclic) bond motifs is 1. The van der Waals surface area contributed by atoms with Gasteiger partial charge in [-0.3, -0.25) is 9.78 Å². The van der Waals surface area contributed by atoms with Crippen molar-refractivity contribution in [3.8, 4) is 5.75 Å². The lowest BCUT2D eigenvalue weighted by molar-refractivity contribution is -0.141. The minimum absolute atomic E-state index is 0.271. The first-order valence-corrected chi connectivity index (χ1v) is 8.15. The topological polar surface area (TPSA) is 62.7 Å². The van der Waals surface area contributed by atoms with Crippen LogP contribution in [0, 0.1) is 11.7 Å². The average Bonchev–Trinajstić information content (AvgIpc) is 3.05. The van der Waals surface area contributed by atoms with Gasteiger partial charge in [0, 0.05) is 11.9 Å². The minimum Gasteiger partial charge on any atom is -0.497 e. The Bertz CT molecular complexity index is 750. The second kappa shape index (κ2) is 7.13. The minimum atomic E-state index is -0.726. The number of hydrogen-bond donors (Lipinski definition) is 1. The average molecular weight is 332 g/mol. The Hall–Kier alpha value is -2.21. The van der Waals surface area contributed by atoms with E-state index < -0.39 is 5.97 Å². The molecule has 0 aliphatic carbocycles. The number of carboxylic acid groups (broad SMARTS) is 1. The van der Waals surface area contributed by atoms with Crippen LogP contribution in [0.2, 0.25) is 0 Å². The van der Waals surface area contributed by atoms with Crippen molar-refractivity contribution in [1.82, 2.24) is 9.88 Å². The summed E-state index contributed by atoms with van der Waals surface area (Å²) in [6.45, 7) is 2.16. The molecule has 0 amide bonds. The number of hydrogen-bond acceptors (Lipinski definition) is 4. The molecule has 0 saturated carbocycles. The summed E-state index contributed by atoms with van der Waals surface area (Å²) in [7, 11) is 1.58. The SMILES string of the molecule is COc1ccc2ncc(F)c(CCCN3CCC(C(=O)O)C3)c2c1. The highest BCUT2D eigenvalue weighted by Gasteiger charge is 2.27. The number of ether oxygens (including phenoxy) is 1. The van der Waals surface area contributed by atoms with Crippen LogP contribution in [-0.2, 0) is 11.2 Å². The van der Waals surface area contributed by atoms with Gasteiger partial charge in [-0.2, -0.15) is 0 Å². The van der Waals surface area contributed by atoms with E-state index in [1.807, 2.05) is 18.2 Å². The van der Waals surface area contributed by atoms with Crippen molar-refractivity contribution in [2.24, 2.45) is 5.92 Å². The lowest BCUT2D eigenvalue weighted by Crippen LogP contribution is -2.24. The van der Waals surface area contributed by atoms with Crippen LogP contribution in [0.4, 0.5) is 4.39 Å². The summed E-state index contributed by atoms with van der Waals surface area (Å²) >= 11 is 0. The molecule has 6 heteroatoms. The summed E-state index contributed by atoms with van der Waals surface area (Å²) < 4.78 is 19.5. The highest BCUT2D eigenvalue weighted by molar-refractivity contribution is 5.83. The van der Waals surface area contributed by atoms with E-state index in [4.69, 9.17) is 9.84 Å². The zero-order valence-electron chi connectivity index (χ0n) is 13.7. The number of benzene rings is 1. The molecule has 1 aliphatic rings. The molecule has 24 heavy (non-hydrogen) atoms. The van der Waals surface area contributed by atoms with Crippen LogP contribution in [0.1, 0.15) is 18.4 Å². The van der Waals surface area contributed by atoms with Crippen LogP contribution in [0.5, 0.6) is 5.75 Å². The molecule has 1 aromatic carbocycles. The van der Waals surface area contributed by atoms with Gasteiger partial charge in [-0.05, 0) is 56.1 Å². The lowest BCUT2D eigenvalue weighted by atomic mass is 10.0. The molecule has 0 radical (unpaired) electrons. The van der Waals surface area contributed by atoms with Crippen LogP contribution in [0.3, 0.4) is 0 Å². The van der Waals surface area contributed by atoms with Crippen LogP contribution in [0.15, 0.2) is 24.4 Å². The number of carboxylic acids is 1. The fourth-order valence-corrected chi connectivity index (χ4v) is 3.30. The van der Waals surface area contributed by atoms with Crippen molar-refractivity contribution in [3.63, 3.8) is 0 Å². The van der Waals surface area contributed by atoms with E-state index in [0.29, 0.717) is 30.7 Å². The second-order valence-electron chi connectivity index (χ2n) is 6.20. The normalized spacial score (nSPS) is 18.2. The monoisotopic (exact) mass is 332 g/mol. The Morgan fingerprint density at radius 2 is 2.33 bits per heavy atom. The fourth-order valence-electron chi connectivity index (χ4n) is 3.30. The summed E-state index contributed by atoms with van der Waals surface area (Å²) in [4.78, 5) is 17.3. The first kappa shape index (κ1) is 16.6. The molecular weight excluding hydrogens is 311 g/mol. The number of nitrogens with zero attached hydrogens (tertiary/aromatic N) is 2. The number of aromatic nitrogens is 1. The largest absolute Gasteiger partial charge is 0.497 e. The van der Waals surface area contributed by atoms with Gasteiger partial charge in [-0.1, -0.05) is 0 Å². The third-order valence-electron chi connectivity index (χ3n) is 4.66. The number of rotatable bonds is 6. The maximum absolute atomic E-state index is 14.2. The molecule has 128 valence electrons. The molecule has 1 unspecified atom stereocenters. The van der Waals surface area contributed by atoms with E-state index in [1.165, 1.54) is 6.20 Å². The summed E-state index contributed by atoms with van der Waals surface area (Å²) in [5.41, 5.74) is 1.40. The van der Waals surface area contributed by atoms with Gasteiger partial charge in [0.05, 0.1) is 24.7 Å². The molecule has 2 heterocycles. The standard InChI is InChI=1S/C18H21FN2O3/c1-24-13-4-5-17-15(9-13)14(16(19)10-20-17)3-2-7-21-8-6-12(11-21)18(22)23/h4-5,9-10,12H,2-3,6-8,11H2,1H3,(H,22,23). The predicted octanol–water partition coefficient (Wildman–Crippen LogP) is 2.72. The van der Waals surface area contributed by atoms with Gasteiger partial charge in [0.2, 0.25) is 0 Å². The third-order valence-corrected chi connectivity index (χ3v) is 4.66. The summed E-state index contributed by atoms with van der Waals surface area (Å²) in [6.07, 6.45) is 3.32. The van der Waals surface area contributed by atoms with Gasteiger partial charge in [-0.15, -0.1) is 0 Å². The summed E-state index contributed by atoms with van der Waals surface area (Å²) in [6, 6.07) is 5.46. The molecule has 0 spiro atoms. The lowest BCUT2D eigenvalue weighted by Gasteiger charge is -2.15. The van der Waals surface area contributed by atoms with Crippen LogP contribution >= 0.6 is 0 Å². The van der Waals surface area contributed by atoms with Gasteiger partial charge in [0.25, 0.3) is 0 Å². The third kappa shape index (κ3) is 3.48. The first-order chi connectivity index (χ1) is 11.6. The fraction of sp³-hybridized carbons (Fsp3) is 0.444. The van der Waals surface area contributed by atoms with Gasteiger partial charge < -0.3 is 14.7 Å². The number of aryl methyl sites for hydroxylation is 1. The smallest absolute Gasteiger partial charge is 0.307 e. The maximum atomic E-state index is 14.2. The van der Waals surface area contributed by atoms with E-state index in [-0.39, 0.29) is 11.7 Å². The molecule has 1 aliphatic heterocycles. The van der Waals surface area contributed by atoms with Crippen molar-refractivity contribution < 1.29 is 19.0 Å². The number of carbonyl (C=O) groups is 1. The van der Waals surface area contributed by atoms with Crippen molar-refractivity contribution in [2.45, 2.75) is 19.3 Å². The molecule has 1 fully saturated rings. The maximum Gasteiger partial charge on any atom is 0.307 e. The highest BCUT2D eigenvalue weighted by atomic mass is 19.1. The van der Waals surface area contributed by atoms with E-state index in [9.17, 15) is 9.18 Å². The number of methoxy groups -OCH3 is 1. The quantitative estimate of drug-likeness (QED) is 0.881. The number of aliphatic carboxylic acids is 1. The van der Waals surface area contributed by atoms with Crippen molar-refractivity contribution in [2.75, 3.05) is 26.7 Å². The van der Waals surface area contributed by atoms with Crippen LogP contribution < -0.4 is 4.74 Å². The zero-order chi connectivity index (χ0) is 17.1. The molecule has 1 N–H and O–H groups in total. The van der Waals surface area contributed by atoms with E-state index >= 15 is 0 Å². The van der Waals surface area contributed by atoms with E-state index in [2.05, 4.69) is 9.88 Å². The molecule has 0 bridgehead atoms. The van der Waals surface area contributed by atoms with Gasteiger partial charge >= 0.3 is 5.97 Å². The molecule has 1 aromatic heterocycles. The zero-order valence-corrected chi connectivity index (χ0v) is 13.7. The Labute approximate surface area is 140 Å². The Balaban J connectivity index is 1.69. The second-order valence-corrected chi connectivity index (χ2v) is 6.20. The Kier molecular flexibility index (Phi) is 4.94. The molecular formula is C18H21FN2O3. The molecule has 5 nitrogen and oxygen atoms in total. The number of pyridine rings is 1. The van der Waals surface area contributed by atoms with Crippen LogP contribution in [-0.4, -0.2) is 47.7 Å². The number of halogens is 1. The number of likely N-dealkylation sites (tertiary alicyclic amines) is 1. The Morgan fingerprint density at radius 1 is 1.50 bits per heavy atom. The Morgan fingerprint density at radius 3 is 3.04 bits per heavy atom. The van der Waals surface area contributed by atoms with Crippen molar-refractivity contribution >= 4 is 16.9 Å². The van der Waals surface area contributed by atoms with Crippen molar-refractivity contribution in [3.05, 3.63) is 35.8 Å². The molecule has 3 rings (SSSR count). The summed E-state index contributed by atoms with van der Waals surface area (Å²) in [5.74, 6) is -0.621. The highest BCUT2D eigenvalue weighted by Crippen LogP contribution is 2.26. The molecule has 1 saturated heterocycles. The van der Waals surface area contributed by atoms with Gasteiger partial charge in [0.1, 0.15) is 11.6 Å². The van der Waals surface area contributed by atoms with Crippen LogP contribution in [0.25, 0.3) is 10.9 Å². The van der Waals surface area contributed by atoms with E-state index in [0.717, 1.165) is 30.4 Å². The van der Waals surface area contributed by atoms with Crippen molar-refractivity contribution in [1.29, 1.82) is 0 Å². The predicted molar refractivity (Wildman–Crippen MR) is 88.8 cm³/mol. The van der Waals surface area contributed by atoms with Gasteiger partial charge in [-0.25, -0.2) is 4.39 Å². The van der Waals surface area contributed by atoms with E-state index in [1.54, 1.807) is 7.11 Å². The molecule has 1 atom stereocenters. The summed E-state index contributed by atoms with van der Waals surface area (Å²) in [5, 5.41) is 9.82. The first-order valence-electron chi connectivity index (χ1n) is 8.15. The van der Waals surface area contributed by atoms with Gasteiger partial charge in [0.15, 0.2) is 0 Å².